The molecule has 8 nitrogen and oxygen atoms in total. The van der Waals surface area contributed by atoms with Crippen molar-refractivity contribution < 1.29 is 14.1 Å². The zero-order valence-corrected chi connectivity index (χ0v) is 16.9. The van der Waals surface area contributed by atoms with Crippen molar-refractivity contribution in [3.05, 3.63) is 62.8 Å². The maximum absolute atomic E-state index is 12.6. The van der Waals surface area contributed by atoms with E-state index in [1.54, 1.807) is 4.68 Å². The van der Waals surface area contributed by atoms with Gasteiger partial charge < -0.3 is 14.6 Å². The first-order valence-corrected chi connectivity index (χ1v) is 9.64. The molecule has 0 fully saturated rings. The third-order valence-corrected chi connectivity index (χ3v) is 5.32. The van der Waals surface area contributed by atoms with Crippen molar-refractivity contribution in [3.8, 4) is 5.75 Å². The molecule has 1 aliphatic rings. The summed E-state index contributed by atoms with van der Waals surface area (Å²) < 4.78 is 12.7. The zero-order valence-electron chi connectivity index (χ0n) is 16.9. The molecule has 0 radical (unpaired) electrons. The van der Waals surface area contributed by atoms with E-state index in [0.29, 0.717) is 23.7 Å². The Hall–Kier alpha value is -3.29. The summed E-state index contributed by atoms with van der Waals surface area (Å²) >= 11 is 0. The molecular weight excluding hydrogens is 372 g/mol. The predicted octanol–water partition coefficient (Wildman–Crippen LogP) is 3.42. The number of rotatable bonds is 5. The van der Waals surface area contributed by atoms with Gasteiger partial charge >= 0.3 is 0 Å². The molecule has 0 aliphatic carbocycles. The van der Waals surface area contributed by atoms with Crippen molar-refractivity contribution in [2.75, 3.05) is 5.32 Å². The Morgan fingerprint density at radius 3 is 2.59 bits per heavy atom. The van der Waals surface area contributed by atoms with Crippen LogP contribution in [-0.4, -0.2) is 20.8 Å². The van der Waals surface area contributed by atoms with Gasteiger partial charge in [0.25, 0.3) is 5.56 Å². The number of aromatic amines is 1. The molecule has 1 aromatic carbocycles. The molecule has 3 heterocycles. The summed E-state index contributed by atoms with van der Waals surface area (Å²) in [5.74, 6) is 1.61. The van der Waals surface area contributed by atoms with Crippen molar-refractivity contribution >= 4 is 11.7 Å². The van der Waals surface area contributed by atoms with Gasteiger partial charge in [-0.1, -0.05) is 17.3 Å². The fourth-order valence-electron chi connectivity index (χ4n) is 3.72. The number of aromatic nitrogens is 3. The van der Waals surface area contributed by atoms with Crippen LogP contribution in [0.25, 0.3) is 0 Å². The molecule has 4 rings (SSSR count). The number of ether oxygens (including phenoxy) is 1. The standard InChI is InChI=1S/C21H24N4O4/c1-11(2)25-20-19(21(27)23-25)16(9-18(26)22-20)14-5-7-15(8-6-14)28-10-17-12(3)24-29-13(17)4/h5-8,11,16H,9-10H2,1-4H3,(H,22,26)(H,23,27)/t16-/m0/s1. The van der Waals surface area contributed by atoms with Crippen LogP contribution in [0.1, 0.15) is 60.4 Å². The van der Waals surface area contributed by atoms with Gasteiger partial charge in [0.1, 0.15) is 23.9 Å². The van der Waals surface area contributed by atoms with Gasteiger partial charge in [-0.15, -0.1) is 0 Å². The van der Waals surface area contributed by atoms with Gasteiger partial charge in [-0.25, -0.2) is 0 Å². The van der Waals surface area contributed by atoms with Crippen LogP contribution < -0.4 is 15.6 Å². The van der Waals surface area contributed by atoms with Gasteiger partial charge in [0.05, 0.1) is 16.8 Å². The highest BCUT2D eigenvalue weighted by atomic mass is 16.5. The average Bonchev–Trinajstić information content (AvgIpc) is 3.19. The van der Waals surface area contributed by atoms with Crippen molar-refractivity contribution in [2.24, 2.45) is 0 Å². The molecule has 0 unspecified atom stereocenters. The number of carbonyl (C=O) groups excluding carboxylic acids is 1. The number of amides is 1. The summed E-state index contributed by atoms with van der Waals surface area (Å²) in [5.41, 5.74) is 3.08. The molecule has 152 valence electrons. The highest BCUT2D eigenvalue weighted by Crippen LogP contribution is 2.36. The van der Waals surface area contributed by atoms with Gasteiger partial charge in [-0.3, -0.25) is 19.4 Å². The zero-order chi connectivity index (χ0) is 20.7. The molecule has 8 heteroatoms. The van der Waals surface area contributed by atoms with E-state index >= 15 is 0 Å². The van der Waals surface area contributed by atoms with E-state index in [-0.39, 0.29) is 29.8 Å². The van der Waals surface area contributed by atoms with Gasteiger partial charge in [0.2, 0.25) is 5.91 Å². The molecule has 3 aromatic rings. The minimum atomic E-state index is -0.292. The van der Waals surface area contributed by atoms with Crippen LogP contribution in [0.4, 0.5) is 5.82 Å². The number of H-pyrrole nitrogens is 1. The third kappa shape index (κ3) is 3.46. The topological polar surface area (TPSA) is 102 Å². The first-order chi connectivity index (χ1) is 13.8. The number of benzene rings is 1. The number of carbonyl (C=O) groups is 1. The molecule has 0 spiro atoms. The predicted molar refractivity (Wildman–Crippen MR) is 107 cm³/mol. The molecule has 2 aromatic heterocycles. The van der Waals surface area contributed by atoms with E-state index in [4.69, 9.17) is 9.26 Å². The van der Waals surface area contributed by atoms with Crippen LogP contribution in [-0.2, 0) is 11.4 Å². The van der Waals surface area contributed by atoms with Gasteiger partial charge in [0.15, 0.2) is 0 Å². The molecule has 1 aliphatic heterocycles. The van der Waals surface area contributed by atoms with Crippen molar-refractivity contribution in [1.29, 1.82) is 0 Å². The fourth-order valence-corrected chi connectivity index (χ4v) is 3.72. The Bertz CT molecular complexity index is 1090. The molecule has 0 bridgehead atoms. The summed E-state index contributed by atoms with van der Waals surface area (Å²) in [7, 11) is 0. The maximum atomic E-state index is 12.6. The summed E-state index contributed by atoms with van der Waals surface area (Å²) in [4.78, 5) is 24.9. The summed E-state index contributed by atoms with van der Waals surface area (Å²) in [6.45, 7) is 8.01. The molecule has 0 saturated carbocycles. The molecular formula is C21H24N4O4. The van der Waals surface area contributed by atoms with Gasteiger partial charge in [0, 0.05) is 18.4 Å². The van der Waals surface area contributed by atoms with E-state index in [1.165, 1.54) is 0 Å². The van der Waals surface area contributed by atoms with Crippen molar-refractivity contribution in [3.63, 3.8) is 0 Å². The smallest absolute Gasteiger partial charge is 0.270 e. The van der Waals surface area contributed by atoms with Crippen LogP contribution in [0.15, 0.2) is 33.6 Å². The minimum Gasteiger partial charge on any atom is -0.489 e. The number of aryl methyl sites for hydroxylation is 2. The highest BCUT2D eigenvalue weighted by Gasteiger charge is 2.33. The number of nitrogens with zero attached hydrogens (tertiary/aromatic N) is 2. The lowest BCUT2D eigenvalue weighted by molar-refractivity contribution is -0.116. The second kappa shape index (κ2) is 7.27. The Kier molecular flexibility index (Phi) is 4.77. The number of nitrogens with one attached hydrogen (secondary N) is 2. The summed E-state index contributed by atoms with van der Waals surface area (Å²) in [6, 6.07) is 7.55. The van der Waals surface area contributed by atoms with Crippen LogP contribution in [0.2, 0.25) is 0 Å². The molecule has 0 saturated heterocycles. The highest BCUT2D eigenvalue weighted by molar-refractivity contribution is 5.94. The van der Waals surface area contributed by atoms with E-state index in [2.05, 4.69) is 15.6 Å². The summed E-state index contributed by atoms with van der Waals surface area (Å²) in [6.07, 6.45) is 0.234. The second-order valence-electron chi connectivity index (χ2n) is 7.63. The average molecular weight is 396 g/mol. The summed E-state index contributed by atoms with van der Waals surface area (Å²) in [5, 5.41) is 9.61. The van der Waals surface area contributed by atoms with E-state index in [1.807, 2.05) is 52.0 Å². The molecule has 2 N–H and O–H groups in total. The van der Waals surface area contributed by atoms with Gasteiger partial charge in [-0.05, 0) is 45.4 Å². The number of anilines is 1. The van der Waals surface area contributed by atoms with Crippen LogP contribution in [0.5, 0.6) is 5.75 Å². The molecule has 29 heavy (non-hydrogen) atoms. The minimum absolute atomic E-state index is 0.0330. The second-order valence-corrected chi connectivity index (χ2v) is 7.63. The first kappa shape index (κ1) is 19.0. The number of fused-ring (bicyclic) bond motifs is 1. The van der Waals surface area contributed by atoms with Crippen molar-refractivity contribution in [1.82, 2.24) is 14.9 Å². The fraction of sp³-hybridized carbons (Fsp3) is 0.381. The lowest BCUT2D eigenvalue weighted by Gasteiger charge is -2.24. The molecule has 1 amide bonds. The normalized spacial score (nSPS) is 16.0. The van der Waals surface area contributed by atoms with Crippen LogP contribution >= 0.6 is 0 Å². The van der Waals surface area contributed by atoms with Crippen LogP contribution in [0, 0.1) is 13.8 Å². The lowest BCUT2D eigenvalue weighted by atomic mass is 9.87. The third-order valence-electron chi connectivity index (χ3n) is 5.32. The molecule has 1 atom stereocenters. The van der Waals surface area contributed by atoms with E-state index in [0.717, 1.165) is 22.6 Å². The Balaban J connectivity index is 1.58. The van der Waals surface area contributed by atoms with E-state index in [9.17, 15) is 9.59 Å². The monoisotopic (exact) mass is 396 g/mol. The van der Waals surface area contributed by atoms with E-state index < -0.39 is 0 Å². The van der Waals surface area contributed by atoms with Gasteiger partial charge in [-0.2, -0.15) is 0 Å². The first-order valence-electron chi connectivity index (χ1n) is 9.64. The Morgan fingerprint density at radius 1 is 1.24 bits per heavy atom. The van der Waals surface area contributed by atoms with Crippen molar-refractivity contribution in [2.45, 2.75) is 52.7 Å². The lowest BCUT2D eigenvalue weighted by Crippen LogP contribution is -2.27. The number of hydrogen-bond acceptors (Lipinski definition) is 5. The quantitative estimate of drug-likeness (QED) is 0.688. The SMILES string of the molecule is Cc1noc(C)c1COc1ccc([C@@H]2CC(=O)Nc3c2c(=O)[nH]n3C(C)C)cc1. The maximum Gasteiger partial charge on any atom is 0.270 e. The largest absolute Gasteiger partial charge is 0.489 e. The number of hydrogen-bond donors (Lipinski definition) is 2. The van der Waals surface area contributed by atoms with Crippen LogP contribution in [0.3, 0.4) is 0 Å². The Labute approximate surface area is 167 Å². The Morgan fingerprint density at radius 2 is 1.97 bits per heavy atom.